The summed E-state index contributed by atoms with van der Waals surface area (Å²) in [6, 6.07) is 25.5. The summed E-state index contributed by atoms with van der Waals surface area (Å²) in [6.45, 7) is 1.85. The van der Waals surface area contributed by atoms with Crippen LogP contribution in [0.1, 0.15) is 12.5 Å². The molecule has 0 fully saturated rings. The molecule has 3 aromatic carbocycles. The Morgan fingerprint density at radius 2 is 1.73 bits per heavy atom. The zero-order valence-corrected chi connectivity index (χ0v) is 21.6. The van der Waals surface area contributed by atoms with Gasteiger partial charge in [-0.3, -0.25) is 9.36 Å². The van der Waals surface area contributed by atoms with Crippen molar-refractivity contribution in [2.24, 2.45) is 5.10 Å². The Morgan fingerprint density at radius 1 is 0.970 bits per heavy atom. The fraction of sp³-hybridized carbons (Fsp3) is 0.0833. The molecule has 0 spiro atoms. The van der Waals surface area contributed by atoms with Crippen LogP contribution in [0.5, 0.6) is 0 Å². The second kappa shape index (κ2) is 10.9. The summed E-state index contributed by atoms with van der Waals surface area (Å²) in [7, 11) is 0. The normalized spacial score (nSPS) is 11.4. The molecule has 4 rings (SSSR count). The Kier molecular flexibility index (Phi) is 7.74. The first kappa shape index (κ1) is 23.4. The number of para-hydroxylation sites is 1. The number of carbonyl (C=O) groups excluding carboxylic acids is 1. The number of nitrogens with zero attached hydrogens (tertiary/aromatic N) is 4. The maximum atomic E-state index is 12.5. The zero-order valence-electron chi connectivity index (χ0n) is 17.6. The van der Waals surface area contributed by atoms with E-state index in [-0.39, 0.29) is 11.7 Å². The third kappa shape index (κ3) is 5.98. The molecule has 0 radical (unpaired) electrons. The van der Waals surface area contributed by atoms with E-state index in [0.717, 1.165) is 31.5 Å². The largest absolute Gasteiger partial charge is 0.272 e. The minimum atomic E-state index is -0.220. The Bertz CT molecular complexity index is 1290. The van der Waals surface area contributed by atoms with Crippen LogP contribution in [0.3, 0.4) is 0 Å². The molecule has 0 atom stereocenters. The lowest BCUT2D eigenvalue weighted by molar-refractivity contribution is -0.118. The smallest absolute Gasteiger partial charge is 0.250 e. The van der Waals surface area contributed by atoms with Crippen LogP contribution in [0.4, 0.5) is 0 Å². The molecule has 1 aromatic heterocycles. The molecular formula is C24H19Br2N5OS. The molecule has 0 unspecified atom stereocenters. The average molecular weight is 585 g/mol. The van der Waals surface area contributed by atoms with Gasteiger partial charge in [0.1, 0.15) is 0 Å². The number of nitrogens with one attached hydrogen (secondary N) is 1. The lowest BCUT2D eigenvalue weighted by Crippen LogP contribution is -2.21. The van der Waals surface area contributed by atoms with Crippen LogP contribution < -0.4 is 5.43 Å². The van der Waals surface area contributed by atoms with Gasteiger partial charge in [0.15, 0.2) is 11.0 Å². The lowest BCUT2D eigenvalue weighted by atomic mass is 10.1. The highest BCUT2D eigenvalue weighted by molar-refractivity contribution is 9.10. The number of aromatic nitrogens is 3. The second-order valence-corrected chi connectivity index (χ2v) is 9.79. The monoisotopic (exact) mass is 583 g/mol. The standard InChI is InChI=1S/C24H19Br2N5OS/c1-16(18-6-5-7-20(26)14-18)27-28-22(32)15-33-24-30-29-23(17-10-12-19(25)13-11-17)31(24)21-8-3-2-4-9-21/h2-14H,15H2,1H3,(H,28,32)/b27-16-. The predicted octanol–water partition coefficient (Wildman–Crippen LogP) is 6.09. The van der Waals surface area contributed by atoms with E-state index in [0.29, 0.717) is 11.0 Å². The molecule has 6 nitrogen and oxygen atoms in total. The molecule has 9 heteroatoms. The predicted molar refractivity (Wildman–Crippen MR) is 140 cm³/mol. The van der Waals surface area contributed by atoms with Crippen molar-refractivity contribution in [1.82, 2.24) is 20.2 Å². The number of hydrogen-bond acceptors (Lipinski definition) is 5. The van der Waals surface area contributed by atoms with Crippen LogP contribution in [-0.4, -0.2) is 32.1 Å². The van der Waals surface area contributed by atoms with E-state index in [1.54, 1.807) is 0 Å². The quantitative estimate of drug-likeness (QED) is 0.162. The van der Waals surface area contributed by atoms with E-state index in [1.807, 2.05) is 90.4 Å². The van der Waals surface area contributed by atoms with Gasteiger partial charge in [0, 0.05) is 20.2 Å². The van der Waals surface area contributed by atoms with E-state index in [9.17, 15) is 4.79 Å². The Labute approximate surface area is 212 Å². The molecular weight excluding hydrogens is 566 g/mol. The van der Waals surface area contributed by atoms with Gasteiger partial charge in [-0.1, -0.05) is 86.1 Å². The first-order valence-corrected chi connectivity index (χ1v) is 12.6. The average Bonchev–Trinajstić information content (AvgIpc) is 3.26. The van der Waals surface area contributed by atoms with Gasteiger partial charge in [-0.2, -0.15) is 5.10 Å². The van der Waals surface area contributed by atoms with Crippen molar-refractivity contribution >= 4 is 55.2 Å². The molecule has 0 aliphatic rings. The van der Waals surface area contributed by atoms with Crippen molar-refractivity contribution in [2.45, 2.75) is 12.1 Å². The maximum Gasteiger partial charge on any atom is 0.250 e. The minimum absolute atomic E-state index is 0.153. The first-order chi connectivity index (χ1) is 16.0. The van der Waals surface area contributed by atoms with Crippen molar-refractivity contribution in [3.05, 3.63) is 93.4 Å². The SMILES string of the molecule is C/C(=N/NC(=O)CSc1nnc(-c2ccc(Br)cc2)n1-c1ccccc1)c1cccc(Br)c1. The summed E-state index contributed by atoms with van der Waals surface area (Å²) in [4.78, 5) is 12.5. The van der Waals surface area contributed by atoms with Gasteiger partial charge in [-0.15, -0.1) is 10.2 Å². The molecule has 0 saturated carbocycles. The molecule has 1 amide bonds. The van der Waals surface area contributed by atoms with Crippen LogP contribution in [0.25, 0.3) is 17.1 Å². The Balaban J connectivity index is 1.51. The molecule has 1 heterocycles. The molecule has 0 bridgehead atoms. The molecule has 0 aliphatic carbocycles. The fourth-order valence-electron chi connectivity index (χ4n) is 3.05. The maximum absolute atomic E-state index is 12.5. The highest BCUT2D eigenvalue weighted by Crippen LogP contribution is 2.28. The Hall–Kier alpha value is -2.75. The summed E-state index contributed by atoms with van der Waals surface area (Å²) in [6.07, 6.45) is 0. The van der Waals surface area contributed by atoms with Crippen LogP contribution >= 0.6 is 43.6 Å². The molecule has 0 aliphatic heterocycles. The van der Waals surface area contributed by atoms with Crippen molar-refractivity contribution < 1.29 is 4.79 Å². The molecule has 166 valence electrons. The molecule has 33 heavy (non-hydrogen) atoms. The lowest BCUT2D eigenvalue weighted by Gasteiger charge is -2.10. The van der Waals surface area contributed by atoms with Crippen LogP contribution in [0.2, 0.25) is 0 Å². The van der Waals surface area contributed by atoms with E-state index >= 15 is 0 Å². The van der Waals surface area contributed by atoms with Crippen LogP contribution in [0.15, 0.2) is 98.1 Å². The number of thioether (sulfide) groups is 1. The summed E-state index contributed by atoms with van der Waals surface area (Å²) < 4.78 is 3.90. The van der Waals surface area contributed by atoms with Crippen LogP contribution in [-0.2, 0) is 4.79 Å². The topological polar surface area (TPSA) is 72.2 Å². The van der Waals surface area contributed by atoms with Gasteiger partial charge in [0.2, 0.25) is 0 Å². The van der Waals surface area contributed by atoms with E-state index < -0.39 is 0 Å². The van der Waals surface area contributed by atoms with Gasteiger partial charge in [-0.05, 0) is 48.9 Å². The molecule has 1 N–H and O–H groups in total. The summed E-state index contributed by atoms with van der Waals surface area (Å²) in [5.74, 6) is 0.642. The van der Waals surface area contributed by atoms with Crippen molar-refractivity contribution in [2.75, 3.05) is 5.75 Å². The number of benzene rings is 3. The highest BCUT2D eigenvalue weighted by atomic mass is 79.9. The Morgan fingerprint density at radius 3 is 2.45 bits per heavy atom. The van der Waals surface area contributed by atoms with Gasteiger partial charge in [-0.25, -0.2) is 5.43 Å². The fourth-order valence-corrected chi connectivity index (χ4v) is 4.45. The number of carbonyl (C=O) groups is 1. The second-order valence-electron chi connectivity index (χ2n) is 7.02. The summed E-state index contributed by atoms with van der Waals surface area (Å²) in [5, 5.41) is 13.6. The third-order valence-electron chi connectivity index (χ3n) is 4.67. The number of amides is 1. The number of hydrazone groups is 1. The van der Waals surface area contributed by atoms with Gasteiger partial charge >= 0.3 is 0 Å². The van der Waals surface area contributed by atoms with Crippen molar-refractivity contribution in [3.8, 4) is 17.1 Å². The highest BCUT2D eigenvalue weighted by Gasteiger charge is 2.17. The molecule has 4 aromatic rings. The third-order valence-corrected chi connectivity index (χ3v) is 6.62. The van der Waals surface area contributed by atoms with Gasteiger partial charge < -0.3 is 0 Å². The van der Waals surface area contributed by atoms with E-state index in [2.05, 4.69) is 52.6 Å². The van der Waals surface area contributed by atoms with Gasteiger partial charge in [0.05, 0.1) is 11.5 Å². The first-order valence-electron chi connectivity index (χ1n) is 10.00. The zero-order chi connectivity index (χ0) is 23.2. The molecule has 0 saturated heterocycles. The minimum Gasteiger partial charge on any atom is -0.272 e. The van der Waals surface area contributed by atoms with E-state index in [4.69, 9.17) is 0 Å². The summed E-state index contributed by atoms with van der Waals surface area (Å²) >= 11 is 8.22. The van der Waals surface area contributed by atoms with Crippen LogP contribution in [0, 0.1) is 0 Å². The number of rotatable bonds is 7. The van der Waals surface area contributed by atoms with Crippen molar-refractivity contribution in [1.29, 1.82) is 0 Å². The number of halogens is 2. The van der Waals surface area contributed by atoms with E-state index in [1.165, 1.54) is 11.8 Å². The van der Waals surface area contributed by atoms with Gasteiger partial charge in [0.25, 0.3) is 5.91 Å². The summed E-state index contributed by atoms with van der Waals surface area (Å²) in [5.41, 5.74) is 6.13. The number of hydrogen-bond donors (Lipinski definition) is 1. The van der Waals surface area contributed by atoms with Crippen molar-refractivity contribution in [3.63, 3.8) is 0 Å².